The Hall–Kier alpha value is -1.57. The second kappa shape index (κ2) is 6.28. The number of aromatic nitrogens is 2. The van der Waals surface area contributed by atoms with Gasteiger partial charge in [-0.2, -0.15) is 8.78 Å². The predicted molar refractivity (Wildman–Crippen MR) is 82.5 cm³/mol. The van der Waals surface area contributed by atoms with Gasteiger partial charge in [-0.25, -0.2) is 4.98 Å². The number of alkyl halides is 2. The van der Waals surface area contributed by atoms with Gasteiger partial charge in [-0.1, -0.05) is 34.6 Å². The third kappa shape index (κ3) is 3.11. The number of benzene rings is 1. The van der Waals surface area contributed by atoms with E-state index in [-0.39, 0.29) is 6.04 Å². The largest absolute Gasteiger partial charge is 0.345 e. The molecule has 1 aliphatic heterocycles. The maximum Gasteiger partial charge on any atom is 0.345 e. The van der Waals surface area contributed by atoms with Crippen LogP contribution in [0.4, 0.5) is 8.78 Å². The van der Waals surface area contributed by atoms with Crippen LogP contribution in [0.2, 0.25) is 0 Å². The van der Waals surface area contributed by atoms with Crippen molar-refractivity contribution in [2.75, 3.05) is 6.54 Å². The molecule has 1 fully saturated rings. The van der Waals surface area contributed by atoms with E-state index in [4.69, 9.17) is 0 Å². The van der Waals surface area contributed by atoms with Crippen LogP contribution in [0.1, 0.15) is 11.9 Å². The number of H-pyrrole nitrogens is 1. The van der Waals surface area contributed by atoms with Crippen molar-refractivity contribution in [2.24, 2.45) is 0 Å². The summed E-state index contributed by atoms with van der Waals surface area (Å²) in [7, 11) is 0. The van der Waals surface area contributed by atoms with Crippen molar-refractivity contribution in [3.05, 3.63) is 52.9 Å². The summed E-state index contributed by atoms with van der Waals surface area (Å²) >= 11 is 3.39. The van der Waals surface area contributed by atoms with Gasteiger partial charge in [0.1, 0.15) is 5.82 Å². The van der Waals surface area contributed by atoms with Gasteiger partial charge in [0.2, 0.25) is 0 Å². The Balaban J connectivity index is 1.77. The van der Waals surface area contributed by atoms with Crippen molar-refractivity contribution in [3.63, 3.8) is 0 Å². The molecule has 0 spiro atoms. The van der Waals surface area contributed by atoms with Crippen LogP contribution < -0.4 is 5.32 Å². The molecule has 2 N–H and O–H groups in total. The topological polar surface area (TPSA) is 49.9 Å². The van der Waals surface area contributed by atoms with Gasteiger partial charge in [0.15, 0.2) is 0 Å². The Labute approximate surface area is 134 Å². The molecule has 1 aromatic heterocycles. The highest BCUT2D eigenvalue weighted by atomic mass is 79.9. The summed E-state index contributed by atoms with van der Waals surface area (Å²) < 4.78 is 30.2. The first kappa shape index (κ1) is 15.3. The normalized spacial score (nSPS) is 21.7. The number of hydrogen-bond acceptors (Lipinski definition) is 3. The Morgan fingerprint density at radius 1 is 1.32 bits per heavy atom. The van der Waals surface area contributed by atoms with E-state index >= 15 is 0 Å². The summed E-state index contributed by atoms with van der Waals surface area (Å²) in [6, 6.07) is 7.49. The van der Waals surface area contributed by atoms with Crippen molar-refractivity contribution in [2.45, 2.75) is 18.8 Å². The Morgan fingerprint density at radius 3 is 2.73 bits per heavy atom. The second-order valence-electron chi connectivity index (χ2n) is 4.99. The molecule has 1 aliphatic rings. The Bertz CT molecular complexity index is 672. The number of nitrogens with one attached hydrogen (secondary N) is 2. The molecule has 0 radical (unpaired) electrons. The molecule has 1 saturated heterocycles. The zero-order valence-electron chi connectivity index (χ0n) is 11.5. The summed E-state index contributed by atoms with van der Waals surface area (Å²) in [4.78, 5) is 7.53. The lowest BCUT2D eigenvalue weighted by Crippen LogP contribution is -2.20. The number of ether oxygens (including phenoxy) is 1. The van der Waals surface area contributed by atoms with E-state index in [0.29, 0.717) is 17.9 Å². The SMILES string of the molecule is C=C1[C@H](OC(F)F)CN[C@@H]1c1ncc(-c2ccc(Br)cc2)[nH]1. The van der Waals surface area contributed by atoms with Crippen LogP contribution in [0.15, 0.2) is 47.1 Å². The third-order valence-electron chi connectivity index (χ3n) is 3.58. The molecule has 0 saturated carbocycles. The molecule has 0 bridgehead atoms. The molecule has 1 aromatic carbocycles. The van der Waals surface area contributed by atoms with Gasteiger partial charge >= 0.3 is 6.61 Å². The molecule has 3 rings (SSSR count). The van der Waals surface area contributed by atoms with Crippen molar-refractivity contribution < 1.29 is 13.5 Å². The lowest BCUT2D eigenvalue weighted by atomic mass is 10.1. The molecule has 0 unspecified atom stereocenters. The average Bonchev–Trinajstić information content (AvgIpc) is 3.08. The van der Waals surface area contributed by atoms with Gasteiger partial charge in [-0.15, -0.1) is 0 Å². The minimum absolute atomic E-state index is 0.294. The number of imidazole rings is 1. The molecule has 0 aliphatic carbocycles. The van der Waals surface area contributed by atoms with Gasteiger partial charge in [0.05, 0.1) is 24.0 Å². The number of rotatable bonds is 4. The summed E-state index contributed by atoms with van der Waals surface area (Å²) in [5, 5.41) is 3.09. The van der Waals surface area contributed by atoms with E-state index in [1.54, 1.807) is 6.20 Å². The van der Waals surface area contributed by atoms with Crippen molar-refractivity contribution in [3.8, 4) is 11.3 Å². The molecule has 7 heteroatoms. The predicted octanol–water partition coefficient (Wildman–Crippen LogP) is 3.65. The van der Waals surface area contributed by atoms with Crippen LogP contribution >= 0.6 is 15.9 Å². The maximum absolute atomic E-state index is 12.3. The first-order valence-corrected chi connectivity index (χ1v) is 7.50. The summed E-state index contributed by atoms with van der Waals surface area (Å²) in [5.41, 5.74) is 2.40. The Kier molecular flexibility index (Phi) is 4.37. The van der Waals surface area contributed by atoms with Gasteiger partial charge < -0.3 is 15.0 Å². The minimum Gasteiger partial charge on any atom is -0.340 e. The number of halogens is 3. The molecule has 4 nitrogen and oxygen atoms in total. The standard InChI is InChI=1S/C15H14BrF2N3O/c1-8-12(22-15(17)18)7-19-13(8)14-20-6-11(21-14)9-2-4-10(16)5-3-9/h2-6,12-13,15,19H,1,7H2,(H,20,21)/t12-,13+/m1/s1. The van der Waals surface area contributed by atoms with Crippen LogP contribution in [0.25, 0.3) is 11.3 Å². The fourth-order valence-corrected chi connectivity index (χ4v) is 2.73. The van der Waals surface area contributed by atoms with Crippen LogP contribution in [0.3, 0.4) is 0 Å². The van der Waals surface area contributed by atoms with E-state index in [9.17, 15) is 8.78 Å². The van der Waals surface area contributed by atoms with Gasteiger partial charge in [0, 0.05) is 11.0 Å². The molecule has 2 aromatic rings. The highest BCUT2D eigenvalue weighted by Gasteiger charge is 2.33. The summed E-state index contributed by atoms with van der Waals surface area (Å²) in [6.45, 7) is 1.34. The molecular formula is C15H14BrF2N3O. The van der Waals surface area contributed by atoms with E-state index in [0.717, 1.165) is 15.7 Å². The molecule has 22 heavy (non-hydrogen) atoms. The van der Waals surface area contributed by atoms with Gasteiger partial charge in [-0.3, -0.25) is 0 Å². The van der Waals surface area contributed by atoms with Crippen LogP contribution in [-0.4, -0.2) is 29.2 Å². The molecule has 0 amide bonds. The smallest absolute Gasteiger partial charge is 0.340 e. The van der Waals surface area contributed by atoms with Gasteiger partial charge in [0.25, 0.3) is 0 Å². The van der Waals surface area contributed by atoms with E-state index in [1.807, 2.05) is 24.3 Å². The molecule has 2 heterocycles. The highest BCUT2D eigenvalue weighted by molar-refractivity contribution is 9.10. The number of hydrogen-bond donors (Lipinski definition) is 2. The first-order chi connectivity index (χ1) is 10.5. The Morgan fingerprint density at radius 2 is 2.05 bits per heavy atom. The van der Waals surface area contributed by atoms with Gasteiger partial charge in [-0.05, 0) is 23.3 Å². The van der Waals surface area contributed by atoms with E-state index in [1.165, 1.54) is 0 Å². The lowest BCUT2D eigenvalue weighted by Gasteiger charge is -2.13. The number of nitrogens with zero attached hydrogens (tertiary/aromatic N) is 1. The molecule has 2 atom stereocenters. The maximum atomic E-state index is 12.3. The van der Waals surface area contributed by atoms with Crippen molar-refractivity contribution in [1.82, 2.24) is 15.3 Å². The molecular weight excluding hydrogens is 356 g/mol. The number of aromatic amines is 1. The summed E-state index contributed by atoms with van der Waals surface area (Å²) in [6.07, 6.45) is 1.01. The summed E-state index contributed by atoms with van der Waals surface area (Å²) in [5.74, 6) is 0.642. The quantitative estimate of drug-likeness (QED) is 0.808. The lowest BCUT2D eigenvalue weighted by molar-refractivity contribution is -0.148. The third-order valence-corrected chi connectivity index (χ3v) is 4.11. The fraction of sp³-hybridized carbons (Fsp3) is 0.267. The van der Waals surface area contributed by atoms with Crippen LogP contribution in [0.5, 0.6) is 0 Å². The zero-order valence-corrected chi connectivity index (χ0v) is 13.1. The van der Waals surface area contributed by atoms with E-state index in [2.05, 4.69) is 42.5 Å². The van der Waals surface area contributed by atoms with Crippen LogP contribution in [-0.2, 0) is 4.74 Å². The van der Waals surface area contributed by atoms with Crippen LogP contribution in [0, 0.1) is 0 Å². The minimum atomic E-state index is -2.81. The van der Waals surface area contributed by atoms with Crippen molar-refractivity contribution in [1.29, 1.82) is 0 Å². The highest BCUT2D eigenvalue weighted by Crippen LogP contribution is 2.30. The van der Waals surface area contributed by atoms with E-state index < -0.39 is 12.7 Å². The molecule has 116 valence electrons. The zero-order chi connectivity index (χ0) is 15.7. The monoisotopic (exact) mass is 369 g/mol. The fourth-order valence-electron chi connectivity index (χ4n) is 2.46. The first-order valence-electron chi connectivity index (χ1n) is 6.71. The average molecular weight is 370 g/mol. The van der Waals surface area contributed by atoms with Crippen molar-refractivity contribution >= 4 is 15.9 Å². The second-order valence-corrected chi connectivity index (χ2v) is 5.91.